The predicted octanol–water partition coefficient (Wildman–Crippen LogP) is 0.560. The summed E-state index contributed by atoms with van der Waals surface area (Å²) in [7, 11) is 0. The number of esters is 1. The SMILES string of the molecule is CCOC(=O)C(=O)N(CC)C1CC1. The topological polar surface area (TPSA) is 46.6 Å². The first kappa shape index (κ1) is 10.0. The number of hydrogen-bond donors (Lipinski definition) is 0. The third-order valence-corrected chi connectivity index (χ3v) is 2.04. The molecule has 0 unspecified atom stereocenters. The van der Waals surface area contributed by atoms with E-state index in [4.69, 9.17) is 0 Å². The van der Waals surface area contributed by atoms with Crippen molar-refractivity contribution in [2.75, 3.05) is 13.2 Å². The molecule has 1 aliphatic rings. The maximum Gasteiger partial charge on any atom is 0.397 e. The van der Waals surface area contributed by atoms with Crippen LogP contribution in [0.25, 0.3) is 0 Å². The van der Waals surface area contributed by atoms with Crippen LogP contribution in [-0.4, -0.2) is 36.0 Å². The third-order valence-electron chi connectivity index (χ3n) is 2.04. The highest BCUT2D eigenvalue weighted by atomic mass is 16.5. The number of carbonyl (C=O) groups excluding carboxylic acids is 2. The molecule has 0 radical (unpaired) electrons. The fourth-order valence-electron chi connectivity index (χ4n) is 1.26. The maximum absolute atomic E-state index is 11.4. The van der Waals surface area contributed by atoms with Gasteiger partial charge < -0.3 is 9.64 Å². The predicted molar refractivity (Wildman–Crippen MR) is 47.0 cm³/mol. The summed E-state index contributed by atoms with van der Waals surface area (Å²) in [6.45, 7) is 4.41. The molecule has 0 spiro atoms. The molecule has 0 aromatic rings. The molecular weight excluding hydrogens is 170 g/mol. The second kappa shape index (κ2) is 4.25. The van der Waals surface area contributed by atoms with Gasteiger partial charge in [0, 0.05) is 12.6 Å². The van der Waals surface area contributed by atoms with E-state index in [1.165, 1.54) is 0 Å². The molecule has 0 atom stereocenters. The minimum atomic E-state index is -0.726. The van der Waals surface area contributed by atoms with E-state index < -0.39 is 11.9 Å². The second-order valence-corrected chi connectivity index (χ2v) is 3.04. The van der Waals surface area contributed by atoms with Crippen LogP contribution in [0.5, 0.6) is 0 Å². The smallest absolute Gasteiger partial charge is 0.397 e. The Morgan fingerprint density at radius 3 is 2.38 bits per heavy atom. The van der Waals surface area contributed by atoms with Gasteiger partial charge in [-0.3, -0.25) is 4.79 Å². The van der Waals surface area contributed by atoms with Crippen LogP contribution in [0, 0.1) is 0 Å². The monoisotopic (exact) mass is 185 g/mol. The van der Waals surface area contributed by atoms with Gasteiger partial charge in [-0.25, -0.2) is 4.79 Å². The molecule has 0 aromatic carbocycles. The summed E-state index contributed by atoms with van der Waals surface area (Å²) in [6, 6.07) is 0.280. The van der Waals surface area contributed by atoms with Crippen molar-refractivity contribution >= 4 is 11.9 Å². The first-order valence-electron chi connectivity index (χ1n) is 4.68. The van der Waals surface area contributed by atoms with Crippen LogP contribution < -0.4 is 0 Å². The van der Waals surface area contributed by atoms with E-state index in [-0.39, 0.29) is 12.6 Å². The average molecular weight is 185 g/mol. The third kappa shape index (κ3) is 2.44. The molecule has 0 bridgehead atoms. The van der Waals surface area contributed by atoms with E-state index in [0.29, 0.717) is 6.54 Å². The Balaban J connectivity index is 2.47. The summed E-state index contributed by atoms with van der Waals surface area (Å²) >= 11 is 0. The Morgan fingerprint density at radius 1 is 1.38 bits per heavy atom. The van der Waals surface area contributed by atoms with Crippen LogP contribution in [0.2, 0.25) is 0 Å². The minimum Gasteiger partial charge on any atom is -0.459 e. The molecular formula is C9H15NO3. The van der Waals surface area contributed by atoms with Crippen LogP contribution in [-0.2, 0) is 14.3 Å². The zero-order valence-electron chi connectivity index (χ0n) is 8.08. The number of hydrogen-bond acceptors (Lipinski definition) is 3. The lowest BCUT2D eigenvalue weighted by atomic mass is 10.4. The van der Waals surface area contributed by atoms with Crippen molar-refractivity contribution in [2.45, 2.75) is 32.7 Å². The van der Waals surface area contributed by atoms with Crippen LogP contribution in [0.4, 0.5) is 0 Å². The van der Waals surface area contributed by atoms with Crippen LogP contribution in [0.15, 0.2) is 0 Å². The summed E-state index contributed by atoms with van der Waals surface area (Å²) in [6.07, 6.45) is 2.03. The van der Waals surface area contributed by atoms with Crippen LogP contribution >= 0.6 is 0 Å². The van der Waals surface area contributed by atoms with Gasteiger partial charge in [-0.1, -0.05) is 0 Å². The Kier molecular flexibility index (Phi) is 3.28. The molecule has 1 aliphatic carbocycles. The molecule has 0 aliphatic heterocycles. The average Bonchev–Trinajstić information content (AvgIpc) is 2.90. The van der Waals surface area contributed by atoms with E-state index in [9.17, 15) is 9.59 Å². The van der Waals surface area contributed by atoms with Gasteiger partial charge >= 0.3 is 11.9 Å². The molecule has 0 saturated heterocycles. The summed E-state index contributed by atoms with van der Waals surface area (Å²) in [5, 5.41) is 0. The fourth-order valence-corrected chi connectivity index (χ4v) is 1.26. The number of likely N-dealkylation sites (N-methyl/N-ethyl adjacent to an activating group) is 1. The standard InChI is InChI=1S/C9H15NO3/c1-3-10(7-5-6-7)8(11)9(12)13-4-2/h7H,3-6H2,1-2H3. The van der Waals surface area contributed by atoms with Crippen molar-refractivity contribution in [3.63, 3.8) is 0 Å². The molecule has 1 saturated carbocycles. The van der Waals surface area contributed by atoms with E-state index in [1.807, 2.05) is 6.92 Å². The number of carbonyl (C=O) groups is 2. The quantitative estimate of drug-likeness (QED) is 0.477. The van der Waals surface area contributed by atoms with Gasteiger partial charge in [0.2, 0.25) is 0 Å². The largest absolute Gasteiger partial charge is 0.459 e. The van der Waals surface area contributed by atoms with E-state index in [2.05, 4.69) is 4.74 Å². The van der Waals surface area contributed by atoms with Gasteiger partial charge in [0.15, 0.2) is 0 Å². The van der Waals surface area contributed by atoms with Crippen LogP contribution in [0.1, 0.15) is 26.7 Å². The highest BCUT2D eigenvalue weighted by molar-refractivity contribution is 6.32. The van der Waals surface area contributed by atoms with Crippen molar-refractivity contribution in [3.05, 3.63) is 0 Å². The minimum absolute atomic E-state index is 0.257. The van der Waals surface area contributed by atoms with Crippen LogP contribution in [0.3, 0.4) is 0 Å². The lowest BCUT2D eigenvalue weighted by molar-refractivity contribution is -0.160. The van der Waals surface area contributed by atoms with E-state index >= 15 is 0 Å². The van der Waals surface area contributed by atoms with Gasteiger partial charge in [-0.15, -0.1) is 0 Å². The number of ether oxygens (including phenoxy) is 1. The van der Waals surface area contributed by atoms with Crippen molar-refractivity contribution < 1.29 is 14.3 Å². The lowest BCUT2D eigenvalue weighted by Gasteiger charge is -2.18. The maximum atomic E-state index is 11.4. The van der Waals surface area contributed by atoms with E-state index in [0.717, 1.165) is 12.8 Å². The summed E-state index contributed by atoms with van der Waals surface area (Å²) in [4.78, 5) is 24.0. The van der Waals surface area contributed by atoms with Crippen molar-refractivity contribution in [2.24, 2.45) is 0 Å². The van der Waals surface area contributed by atoms with Gasteiger partial charge in [0.05, 0.1) is 6.61 Å². The normalized spacial score (nSPS) is 15.2. The molecule has 1 fully saturated rings. The van der Waals surface area contributed by atoms with Gasteiger partial charge in [0.25, 0.3) is 0 Å². The van der Waals surface area contributed by atoms with Crippen molar-refractivity contribution in [1.82, 2.24) is 4.90 Å². The van der Waals surface area contributed by atoms with Crippen molar-refractivity contribution in [1.29, 1.82) is 0 Å². The lowest BCUT2D eigenvalue weighted by Crippen LogP contribution is -2.39. The highest BCUT2D eigenvalue weighted by Gasteiger charge is 2.34. The summed E-state index contributed by atoms with van der Waals surface area (Å²) in [5.74, 6) is -1.22. The van der Waals surface area contributed by atoms with Crippen molar-refractivity contribution in [3.8, 4) is 0 Å². The second-order valence-electron chi connectivity index (χ2n) is 3.04. The van der Waals surface area contributed by atoms with Gasteiger partial charge in [-0.2, -0.15) is 0 Å². The van der Waals surface area contributed by atoms with Gasteiger partial charge in [-0.05, 0) is 26.7 Å². The Labute approximate surface area is 77.8 Å². The molecule has 0 N–H and O–H groups in total. The zero-order valence-corrected chi connectivity index (χ0v) is 8.08. The number of nitrogens with zero attached hydrogens (tertiary/aromatic N) is 1. The molecule has 0 aromatic heterocycles. The first-order valence-corrected chi connectivity index (χ1v) is 4.68. The molecule has 4 nitrogen and oxygen atoms in total. The summed E-state index contributed by atoms with van der Waals surface area (Å²) < 4.78 is 4.63. The fraction of sp³-hybridized carbons (Fsp3) is 0.778. The summed E-state index contributed by atoms with van der Waals surface area (Å²) in [5.41, 5.74) is 0. The molecule has 4 heteroatoms. The molecule has 13 heavy (non-hydrogen) atoms. The Bertz CT molecular complexity index is 211. The molecule has 0 heterocycles. The number of rotatable bonds is 3. The Morgan fingerprint density at radius 2 is 2.00 bits per heavy atom. The van der Waals surface area contributed by atoms with Gasteiger partial charge in [0.1, 0.15) is 0 Å². The molecule has 1 rings (SSSR count). The zero-order chi connectivity index (χ0) is 9.84. The Hall–Kier alpha value is -1.06. The van der Waals surface area contributed by atoms with E-state index in [1.54, 1.807) is 11.8 Å². The molecule has 1 amide bonds. The number of amides is 1. The molecule has 74 valence electrons. The first-order chi connectivity index (χ1) is 6.20. The highest BCUT2D eigenvalue weighted by Crippen LogP contribution is 2.26.